The van der Waals surface area contributed by atoms with Gasteiger partial charge in [0.05, 0.1) is 26.2 Å². The molecule has 0 aromatic rings. The van der Waals surface area contributed by atoms with Crippen molar-refractivity contribution in [1.82, 2.24) is 9.80 Å². The van der Waals surface area contributed by atoms with Gasteiger partial charge in [0.25, 0.3) is 0 Å². The highest BCUT2D eigenvalue weighted by molar-refractivity contribution is 5.73. The van der Waals surface area contributed by atoms with Crippen LogP contribution in [0.4, 0.5) is 0 Å². The molecular formula is C10H15N2O8. The highest BCUT2D eigenvalue weighted by Gasteiger charge is 2.18. The smallest absolute Gasteiger partial charge is 0.317 e. The van der Waals surface area contributed by atoms with Crippen molar-refractivity contribution in [1.29, 1.82) is 0 Å². The molecule has 0 saturated carbocycles. The van der Waals surface area contributed by atoms with E-state index < -0.39 is 50.1 Å². The summed E-state index contributed by atoms with van der Waals surface area (Å²) in [6, 6.07) is 0. The number of hydrogen-bond acceptors (Lipinski definition) is 6. The fraction of sp³-hybridized carbons (Fsp3) is 0.500. The van der Waals surface area contributed by atoms with Crippen molar-refractivity contribution in [3.63, 3.8) is 0 Å². The number of aliphatic carboxylic acids is 4. The van der Waals surface area contributed by atoms with E-state index in [2.05, 4.69) is 0 Å². The largest absolute Gasteiger partial charge is 0.480 e. The van der Waals surface area contributed by atoms with Gasteiger partial charge >= 0.3 is 23.9 Å². The fourth-order valence-electron chi connectivity index (χ4n) is 1.33. The first-order valence-electron chi connectivity index (χ1n) is 5.37. The molecule has 0 aromatic heterocycles. The first-order valence-corrected chi connectivity index (χ1v) is 5.37. The van der Waals surface area contributed by atoms with E-state index in [1.165, 1.54) is 0 Å². The maximum absolute atomic E-state index is 10.5. The van der Waals surface area contributed by atoms with Crippen LogP contribution in [-0.2, 0) is 19.2 Å². The molecular weight excluding hydrogens is 276 g/mol. The Bertz CT molecular complexity index is 315. The lowest BCUT2D eigenvalue weighted by Gasteiger charge is -2.22. The van der Waals surface area contributed by atoms with E-state index in [0.717, 1.165) is 16.3 Å². The average molecular weight is 291 g/mol. The third kappa shape index (κ3) is 9.79. The van der Waals surface area contributed by atoms with Gasteiger partial charge in [0.1, 0.15) is 0 Å². The van der Waals surface area contributed by atoms with E-state index in [1.54, 1.807) is 0 Å². The Balaban J connectivity index is 4.49. The molecule has 10 heteroatoms. The molecule has 0 aliphatic rings. The van der Waals surface area contributed by atoms with Gasteiger partial charge in [0.15, 0.2) is 0 Å². The molecule has 0 amide bonds. The lowest BCUT2D eigenvalue weighted by atomic mass is 10.4. The minimum Gasteiger partial charge on any atom is -0.480 e. The van der Waals surface area contributed by atoms with Gasteiger partial charge in [-0.2, -0.15) is 0 Å². The van der Waals surface area contributed by atoms with Gasteiger partial charge in [0, 0.05) is 13.1 Å². The second-order valence-corrected chi connectivity index (χ2v) is 3.83. The van der Waals surface area contributed by atoms with Gasteiger partial charge in [-0.25, -0.2) is 0 Å². The number of hydrogen-bond donors (Lipinski definition) is 4. The molecule has 0 aliphatic heterocycles. The van der Waals surface area contributed by atoms with Crippen LogP contribution in [0, 0.1) is 6.54 Å². The molecule has 0 saturated heterocycles. The minimum absolute atomic E-state index is 0.195. The van der Waals surface area contributed by atoms with Crippen LogP contribution < -0.4 is 0 Å². The molecule has 0 unspecified atom stereocenters. The number of rotatable bonds is 11. The zero-order chi connectivity index (χ0) is 15.7. The summed E-state index contributed by atoms with van der Waals surface area (Å²) in [7, 11) is 0. The molecule has 0 aliphatic carbocycles. The Morgan fingerprint density at radius 1 is 0.700 bits per heavy atom. The summed E-state index contributed by atoms with van der Waals surface area (Å²) >= 11 is 0. The molecule has 0 rings (SSSR count). The van der Waals surface area contributed by atoms with E-state index in [4.69, 9.17) is 20.4 Å². The monoisotopic (exact) mass is 291 g/mol. The predicted molar refractivity (Wildman–Crippen MR) is 62.9 cm³/mol. The Kier molecular flexibility index (Phi) is 7.85. The second kappa shape index (κ2) is 8.82. The summed E-state index contributed by atoms with van der Waals surface area (Å²) in [5.74, 6) is -5.01. The van der Waals surface area contributed by atoms with Gasteiger partial charge in [-0.1, -0.05) is 0 Å². The van der Waals surface area contributed by atoms with Crippen molar-refractivity contribution in [3.05, 3.63) is 6.54 Å². The van der Waals surface area contributed by atoms with Gasteiger partial charge in [0.2, 0.25) is 0 Å². The summed E-state index contributed by atoms with van der Waals surface area (Å²) in [5, 5.41) is 34.4. The fourth-order valence-corrected chi connectivity index (χ4v) is 1.33. The van der Waals surface area contributed by atoms with E-state index in [-0.39, 0.29) is 6.54 Å². The molecule has 0 fully saturated rings. The van der Waals surface area contributed by atoms with Crippen molar-refractivity contribution < 1.29 is 39.6 Å². The summed E-state index contributed by atoms with van der Waals surface area (Å²) in [5.41, 5.74) is 0. The zero-order valence-corrected chi connectivity index (χ0v) is 10.4. The van der Waals surface area contributed by atoms with Gasteiger partial charge in [-0.3, -0.25) is 29.0 Å². The van der Waals surface area contributed by atoms with Crippen LogP contribution in [0.5, 0.6) is 0 Å². The highest BCUT2D eigenvalue weighted by Crippen LogP contribution is 1.98. The van der Waals surface area contributed by atoms with E-state index in [9.17, 15) is 19.2 Å². The van der Waals surface area contributed by atoms with Crippen LogP contribution in [0.2, 0.25) is 0 Å². The van der Waals surface area contributed by atoms with Crippen LogP contribution in [0.3, 0.4) is 0 Å². The Labute approximate surface area is 113 Å². The Morgan fingerprint density at radius 3 is 1.35 bits per heavy atom. The molecule has 0 aromatic carbocycles. The predicted octanol–water partition coefficient (Wildman–Crippen LogP) is -1.91. The third-order valence-electron chi connectivity index (χ3n) is 1.99. The topological polar surface area (TPSA) is 156 Å². The highest BCUT2D eigenvalue weighted by atomic mass is 16.4. The lowest BCUT2D eigenvalue weighted by Crippen LogP contribution is -2.40. The summed E-state index contributed by atoms with van der Waals surface area (Å²) in [6.45, 7) is -1.33. The second-order valence-electron chi connectivity index (χ2n) is 3.83. The molecule has 10 nitrogen and oxygen atoms in total. The Hall–Kier alpha value is -2.20. The standard InChI is InChI=1S/C10H15N2O8/c13-7(14)3-11(4-8(15)16)1-2-12(5-9(17)18)6-10(19)20/h1H,2-6H2,(H,13,14)(H,15,16)(H,17,18)(H,19,20). The summed E-state index contributed by atoms with van der Waals surface area (Å²) in [4.78, 5) is 44.1. The van der Waals surface area contributed by atoms with Gasteiger partial charge < -0.3 is 20.4 Å². The first-order chi connectivity index (χ1) is 9.20. The molecule has 0 heterocycles. The van der Waals surface area contributed by atoms with Gasteiger partial charge in [-0.15, -0.1) is 0 Å². The van der Waals surface area contributed by atoms with Crippen molar-refractivity contribution in [2.45, 2.75) is 0 Å². The maximum atomic E-state index is 10.5. The van der Waals surface area contributed by atoms with Crippen molar-refractivity contribution in [3.8, 4) is 0 Å². The van der Waals surface area contributed by atoms with E-state index >= 15 is 0 Å². The number of carboxylic acids is 4. The van der Waals surface area contributed by atoms with Crippen LogP contribution in [0.1, 0.15) is 0 Å². The molecule has 0 atom stereocenters. The molecule has 113 valence electrons. The van der Waals surface area contributed by atoms with Crippen molar-refractivity contribution >= 4 is 23.9 Å². The maximum Gasteiger partial charge on any atom is 0.317 e. The zero-order valence-electron chi connectivity index (χ0n) is 10.4. The summed E-state index contributed by atoms with van der Waals surface area (Å²) in [6.07, 6.45) is 0. The number of carbonyl (C=O) groups is 4. The SMILES string of the molecule is O=C(O)CN([CH]CN(CC(=O)O)CC(=O)O)CC(=O)O. The van der Waals surface area contributed by atoms with Crippen LogP contribution >= 0.6 is 0 Å². The molecule has 4 N–H and O–H groups in total. The third-order valence-corrected chi connectivity index (χ3v) is 1.99. The Morgan fingerprint density at radius 2 is 1.05 bits per heavy atom. The normalized spacial score (nSPS) is 10.7. The summed E-state index contributed by atoms with van der Waals surface area (Å²) < 4.78 is 0. The molecule has 20 heavy (non-hydrogen) atoms. The first kappa shape index (κ1) is 17.8. The van der Waals surface area contributed by atoms with Gasteiger partial charge in [-0.05, 0) is 0 Å². The van der Waals surface area contributed by atoms with E-state index in [0.29, 0.717) is 0 Å². The van der Waals surface area contributed by atoms with Crippen molar-refractivity contribution in [2.75, 3.05) is 32.7 Å². The molecule has 0 bridgehead atoms. The quantitative estimate of drug-likeness (QED) is 0.338. The molecule has 0 spiro atoms. The van der Waals surface area contributed by atoms with Crippen LogP contribution in [0.15, 0.2) is 0 Å². The lowest BCUT2D eigenvalue weighted by molar-refractivity contribution is -0.144. The molecule has 1 radical (unpaired) electrons. The average Bonchev–Trinajstić information content (AvgIpc) is 2.22. The minimum atomic E-state index is -1.26. The van der Waals surface area contributed by atoms with E-state index in [1.807, 2.05) is 0 Å². The van der Waals surface area contributed by atoms with Crippen LogP contribution in [0.25, 0.3) is 0 Å². The number of nitrogens with zero attached hydrogens (tertiary/aromatic N) is 2. The van der Waals surface area contributed by atoms with Crippen LogP contribution in [-0.4, -0.2) is 86.8 Å². The van der Waals surface area contributed by atoms with Crippen molar-refractivity contribution in [2.24, 2.45) is 0 Å². The number of carboxylic acid groups (broad SMARTS) is 4.